The van der Waals surface area contributed by atoms with Gasteiger partial charge in [0, 0.05) is 69.9 Å². The van der Waals surface area contributed by atoms with E-state index in [1.807, 2.05) is 0 Å². The molecule has 9 fully saturated rings. The maximum absolute atomic E-state index is 10.9. The van der Waals surface area contributed by atoms with Crippen molar-refractivity contribution >= 4 is 5.91 Å². The zero-order valence-electron chi connectivity index (χ0n) is 68.2. The highest BCUT2D eigenvalue weighted by molar-refractivity contribution is 5.73. The molecule has 9 heterocycles. The average molecular weight is 1880 g/mol. The highest BCUT2D eigenvalue weighted by Crippen LogP contribution is 2.30. The van der Waals surface area contributed by atoms with Crippen molar-refractivity contribution < 1.29 is 269 Å². The Hall–Kier alpha value is -2.65. The third-order valence-electron chi connectivity index (χ3n) is 19.3. The average Bonchev–Trinajstić information content (AvgIpc) is 1.46. The van der Waals surface area contributed by atoms with Gasteiger partial charge in [-0.2, -0.15) is 0 Å². The molecule has 9 saturated heterocycles. The fourth-order valence-electron chi connectivity index (χ4n) is 12.0. The monoisotopic (exact) mass is 1880 g/mol. The lowest BCUT2D eigenvalue weighted by molar-refractivity contribution is -0.300. The van der Waals surface area contributed by atoms with Crippen molar-refractivity contribution in [2.45, 2.75) is 327 Å². The second kappa shape index (κ2) is 65.9. The maximum atomic E-state index is 10.9. The minimum atomic E-state index is -1.36. The van der Waals surface area contributed by atoms with Gasteiger partial charge in [0.15, 0.2) is 56.6 Å². The maximum Gasteiger partial charge on any atom is 0.217 e. The molecule has 0 radical (unpaired) electrons. The Labute approximate surface area is 727 Å². The molecule has 55 nitrogen and oxygen atoms in total. The molecule has 0 spiro atoms. The molecule has 45 unspecified atom stereocenters. The van der Waals surface area contributed by atoms with E-state index >= 15 is 0 Å². The number of hydrogen-bond acceptors (Lipinski definition) is 54. The Balaban J connectivity index is -0.000000662. The summed E-state index contributed by atoms with van der Waals surface area (Å²) in [5, 5.41) is 324. The van der Waals surface area contributed by atoms with Gasteiger partial charge in [0.25, 0.3) is 0 Å². The van der Waals surface area contributed by atoms with E-state index in [1.165, 1.54) is 56.7 Å². The molecule has 0 saturated carbocycles. The lowest BCUT2D eigenvalue weighted by atomic mass is 9.97. The quantitative estimate of drug-likeness (QED) is 0.0479. The summed E-state index contributed by atoms with van der Waals surface area (Å²) in [6, 6.07) is -0.861. The molecule has 45 atom stereocenters. The molecule has 0 aliphatic carbocycles. The second-order valence-corrected chi connectivity index (χ2v) is 27.6. The number of carbonyl (C=O) groups excluding carboxylic acids is 1. The first kappa shape index (κ1) is 130. The first-order valence-corrected chi connectivity index (χ1v) is 37.7. The van der Waals surface area contributed by atoms with Crippen molar-refractivity contribution in [3.63, 3.8) is 0 Å². The van der Waals surface area contributed by atoms with Crippen molar-refractivity contribution in [3.8, 4) is 0 Å². The molecular formula is C71H149NO54. The predicted molar refractivity (Wildman–Crippen MR) is 415 cm³/mol. The minimum Gasteiger partial charge on any atom is -0.394 e. The summed E-state index contributed by atoms with van der Waals surface area (Å²) in [4.78, 5) is 10.9. The first-order chi connectivity index (χ1) is 57.4. The van der Waals surface area contributed by atoms with Crippen molar-refractivity contribution in [1.82, 2.24) is 5.32 Å². The number of rotatable bonds is 22. The molecule has 762 valence electrons. The van der Waals surface area contributed by atoms with Crippen LogP contribution in [0.4, 0.5) is 0 Å². The standard InChI is InChI=1S/C9H17NO6.2C8H16O6.6C7H14O6.4CH4/c1-4(12)10-6-8(14)7(13)5(3-11)16-9(6)15-2;2*1-2-13-8-7(12)6(11)5(10)4(3-9)14-8;1-12-7-5(11)4(10)6(13-7)3(9)2-8;5*1-12-7-6(11)5(10)4(9)3(2-8)13-7;;;;/h5-9,11,13-14H,3H2,1-2H3,(H,10,12);2*4-12H,2-3H2,1H3;6*3-11H,2H2,1H3;4*1H4. The van der Waals surface area contributed by atoms with Crippen LogP contribution in [-0.4, -0.2) is 583 Å². The van der Waals surface area contributed by atoms with Gasteiger partial charge in [0.05, 0.1) is 59.5 Å². The molecule has 9 aliphatic rings. The Morgan fingerprint density at radius 3 is 0.587 bits per heavy atom. The number of hydrogen-bond donors (Lipinski definition) is 36. The molecule has 9 aliphatic heterocycles. The van der Waals surface area contributed by atoms with Gasteiger partial charge < -0.3 is 269 Å². The van der Waals surface area contributed by atoms with Crippen molar-refractivity contribution in [2.24, 2.45) is 0 Å². The van der Waals surface area contributed by atoms with Crippen LogP contribution in [-0.2, 0) is 90.1 Å². The van der Waals surface area contributed by atoms with Crippen molar-refractivity contribution in [3.05, 3.63) is 0 Å². The summed E-state index contributed by atoms with van der Waals surface area (Å²) < 4.78 is 88.1. The summed E-state index contributed by atoms with van der Waals surface area (Å²) in [6.45, 7) is 1.27. The highest BCUT2D eigenvalue weighted by Gasteiger charge is 2.52. The van der Waals surface area contributed by atoms with Gasteiger partial charge in [-0.3, -0.25) is 4.79 Å². The summed E-state index contributed by atoms with van der Waals surface area (Å²) in [7, 11) is 9.15. The SMILES string of the molecule is C.C.C.C.CCOC1OC(CO)C(O)C(O)C1O.CCOC1OC(CO)C(O)C(O)C1O.COC1OC(C(O)CO)C(O)C1O.COC1OC(CO)C(O)C(O)C1NC(C)=O.COC1OC(CO)C(O)C(O)C1O.COC1OC(CO)C(O)C(O)C1O.COC1OC(CO)C(O)C(O)C1O.COC1OC(CO)C(O)C(O)C1O.COC1OC(CO)C(O)C(O)C1O. The van der Waals surface area contributed by atoms with Crippen LogP contribution in [0.25, 0.3) is 0 Å². The first-order valence-electron chi connectivity index (χ1n) is 37.7. The van der Waals surface area contributed by atoms with Crippen LogP contribution in [0.2, 0.25) is 0 Å². The fourth-order valence-corrected chi connectivity index (χ4v) is 12.0. The van der Waals surface area contributed by atoms with Gasteiger partial charge in [-0.15, -0.1) is 0 Å². The zero-order chi connectivity index (χ0) is 93.8. The van der Waals surface area contributed by atoms with Gasteiger partial charge >= 0.3 is 0 Å². The molecule has 55 heteroatoms. The number of aliphatic hydroxyl groups excluding tert-OH is 35. The molecule has 0 bridgehead atoms. The summed E-state index contributed by atoms with van der Waals surface area (Å²) in [5.74, 6) is -0.371. The molecular weight excluding hydrogens is 1730 g/mol. The number of amides is 1. The largest absolute Gasteiger partial charge is 0.394 e. The van der Waals surface area contributed by atoms with Gasteiger partial charge in [-0.05, 0) is 13.8 Å². The fraction of sp³-hybridized carbons (Fsp3) is 0.986. The Bertz CT molecular complexity index is 2310. The van der Waals surface area contributed by atoms with E-state index < -0.39 is 336 Å². The van der Waals surface area contributed by atoms with Gasteiger partial charge in [0.1, 0.15) is 220 Å². The van der Waals surface area contributed by atoms with Crippen LogP contribution in [0.5, 0.6) is 0 Å². The molecule has 0 aromatic carbocycles. The van der Waals surface area contributed by atoms with Crippen LogP contribution in [0.15, 0.2) is 0 Å². The summed E-state index contributed by atoms with van der Waals surface area (Å²) in [5.41, 5.74) is 0. The summed E-state index contributed by atoms with van der Waals surface area (Å²) in [6.07, 6.45) is -51.3. The van der Waals surface area contributed by atoms with E-state index in [4.69, 9.17) is 136 Å². The van der Waals surface area contributed by atoms with E-state index in [9.17, 15) is 132 Å². The molecule has 36 N–H and O–H groups in total. The van der Waals surface area contributed by atoms with E-state index in [0.29, 0.717) is 13.2 Å². The van der Waals surface area contributed by atoms with Gasteiger partial charge in [-0.1, -0.05) is 29.7 Å². The predicted octanol–water partition coefficient (Wildman–Crippen LogP) is -19.6. The normalized spacial score (nSPS) is 43.1. The number of aliphatic hydroxyl groups is 35. The van der Waals surface area contributed by atoms with E-state index in [0.717, 1.165) is 0 Å². The molecule has 9 rings (SSSR count). The minimum absolute atomic E-state index is 0. The molecule has 0 aromatic heterocycles. The van der Waals surface area contributed by atoms with Crippen LogP contribution in [0, 0.1) is 0 Å². The Morgan fingerprint density at radius 1 is 0.254 bits per heavy atom. The van der Waals surface area contributed by atoms with Gasteiger partial charge in [-0.25, -0.2) is 0 Å². The number of carbonyl (C=O) groups is 1. The third kappa shape index (κ3) is 36.5. The van der Waals surface area contributed by atoms with E-state index in [2.05, 4.69) is 5.32 Å². The highest BCUT2D eigenvalue weighted by atomic mass is 16.8. The van der Waals surface area contributed by atoms with Gasteiger partial charge in [0.2, 0.25) is 5.91 Å². The zero-order valence-corrected chi connectivity index (χ0v) is 68.2. The molecule has 0 aromatic rings. The summed E-state index contributed by atoms with van der Waals surface area (Å²) >= 11 is 0. The van der Waals surface area contributed by atoms with Crippen molar-refractivity contribution in [1.29, 1.82) is 0 Å². The smallest absolute Gasteiger partial charge is 0.217 e. The molecule has 126 heavy (non-hydrogen) atoms. The lowest BCUT2D eigenvalue weighted by Gasteiger charge is -2.41. The third-order valence-corrected chi connectivity index (χ3v) is 19.3. The van der Waals surface area contributed by atoms with Crippen molar-refractivity contribution in [2.75, 3.05) is 122 Å². The van der Waals surface area contributed by atoms with E-state index in [-0.39, 0.29) is 35.6 Å². The van der Waals surface area contributed by atoms with Crippen LogP contribution >= 0.6 is 0 Å². The van der Waals surface area contributed by atoms with E-state index in [1.54, 1.807) is 13.8 Å². The number of methoxy groups -OCH3 is 7. The number of nitrogens with one attached hydrogen (secondary N) is 1. The topological polar surface area (TPSA) is 903 Å². The number of ether oxygens (including phenoxy) is 18. The second-order valence-electron chi connectivity index (χ2n) is 27.6. The Morgan fingerprint density at radius 2 is 0.421 bits per heavy atom. The lowest BCUT2D eigenvalue weighted by Crippen LogP contribution is -2.64. The van der Waals surface area contributed by atoms with Crippen LogP contribution in [0.1, 0.15) is 50.5 Å². The van der Waals surface area contributed by atoms with Crippen LogP contribution in [0.3, 0.4) is 0 Å². The Kier molecular flexibility index (Phi) is 67.8. The molecule has 1 amide bonds. The van der Waals surface area contributed by atoms with Crippen LogP contribution < -0.4 is 5.32 Å².